The number of hydrogen-bond donors (Lipinski definition) is 0. The molecule has 118 valence electrons. The fraction of sp³-hybridized carbons (Fsp3) is 0.227. The monoisotopic (exact) mass is 304 g/mol. The van der Waals surface area contributed by atoms with E-state index >= 15 is 0 Å². The second kappa shape index (κ2) is 9.58. The van der Waals surface area contributed by atoms with Crippen LogP contribution in [0.3, 0.4) is 0 Å². The summed E-state index contributed by atoms with van der Waals surface area (Å²) in [7, 11) is 0. The summed E-state index contributed by atoms with van der Waals surface area (Å²) < 4.78 is 0. The molecule has 2 rings (SSSR count). The van der Waals surface area contributed by atoms with Crippen LogP contribution in [0.15, 0.2) is 84.0 Å². The number of carbonyl (C=O) groups excluding carboxylic acids is 1. The molecule has 0 unspecified atom stereocenters. The van der Waals surface area contributed by atoms with Crippen molar-refractivity contribution >= 4 is 11.9 Å². The molecule has 0 N–H and O–H groups in total. The van der Waals surface area contributed by atoms with Crippen LogP contribution < -0.4 is 0 Å². The Morgan fingerprint density at radius 1 is 1.04 bits per heavy atom. The van der Waals surface area contributed by atoms with Crippen LogP contribution in [0.25, 0.3) is 5.57 Å². The van der Waals surface area contributed by atoms with Gasteiger partial charge in [0.1, 0.15) is 6.29 Å². The van der Waals surface area contributed by atoms with Crippen molar-refractivity contribution in [3.05, 3.63) is 89.6 Å². The van der Waals surface area contributed by atoms with Crippen LogP contribution in [0.4, 0.5) is 0 Å². The predicted molar refractivity (Wildman–Crippen MR) is 99.1 cm³/mol. The van der Waals surface area contributed by atoms with Crippen LogP contribution in [0.2, 0.25) is 0 Å². The standard InChI is InChI=1S/C22H24O/c1-19(17-18-23)9-8-14-22(21-12-6-3-7-13-21)16-15-20-10-4-2-5-11-20/h3,6-10,12-18H,2,4-5,11H2,1H3/b9-8+,16-15+,19-17+,22-14-. The number of aldehydes is 1. The van der Waals surface area contributed by atoms with E-state index in [2.05, 4.69) is 48.6 Å². The van der Waals surface area contributed by atoms with Gasteiger partial charge in [-0.05, 0) is 55.4 Å². The highest BCUT2D eigenvalue weighted by atomic mass is 16.1. The first-order valence-corrected chi connectivity index (χ1v) is 8.22. The zero-order valence-corrected chi connectivity index (χ0v) is 13.7. The quantitative estimate of drug-likeness (QED) is 0.367. The van der Waals surface area contributed by atoms with Gasteiger partial charge in [0.2, 0.25) is 0 Å². The van der Waals surface area contributed by atoms with Gasteiger partial charge in [0, 0.05) is 0 Å². The van der Waals surface area contributed by atoms with Crippen molar-refractivity contribution in [1.82, 2.24) is 0 Å². The molecule has 0 radical (unpaired) electrons. The van der Waals surface area contributed by atoms with E-state index in [1.807, 2.05) is 25.1 Å². The summed E-state index contributed by atoms with van der Waals surface area (Å²) in [5, 5.41) is 0. The van der Waals surface area contributed by atoms with Gasteiger partial charge < -0.3 is 0 Å². The van der Waals surface area contributed by atoms with Crippen LogP contribution in [0.1, 0.15) is 38.2 Å². The van der Waals surface area contributed by atoms with Crippen molar-refractivity contribution in [2.24, 2.45) is 0 Å². The van der Waals surface area contributed by atoms with Gasteiger partial charge in [0.05, 0.1) is 0 Å². The highest BCUT2D eigenvalue weighted by molar-refractivity contribution is 5.76. The first-order chi connectivity index (χ1) is 11.3. The van der Waals surface area contributed by atoms with Crippen LogP contribution in [0.5, 0.6) is 0 Å². The van der Waals surface area contributed by atoms with Crippen molar-refractivity contribution in [2.75, 3.05) is 0 Å². The maximum Gasteiger partial charge on any atom is 0.143 e. The molecule has 0 saturated carbocycles. The minimum absolute atomic E-state index is 0.816. The molecule has 1 nitrogen and oxygen atoms in total. The minimum Gasteiger partial charge on any atom is -0.299 e. The van der Waals surface area contributed by atoms with Crippen LogP contribution in [0, 0.1) is 0 Å². The second-order valence-electron chi connectivity index (χ2n) is 5.75. The van der Waals surface area contributed by atoms with E-state index in [1.165, 1.54) is 42.4 Å². The molecule has 0 bridgehead atoms. The van der Waals surface area contributed by atoms with E-state index in [-0.39, 0.29) is 0 Å². The maximum absolute atomic E-state index is 10.5. The lowest BCUT2D eigenvalue weighted by molar-refractivity contribution is -0.104. The molecule has 1 aromatic carbocycles. The van der Waals surface area contributed by atoms with Crippen molar-refractivity contribution in [1.29, 1.82) is 0 Å². The summed E-state index contributed by atoms with van der Waals surface area (Å²) in [5.74, 6) is 0. The number of carbonyl (C=O) groups is 1. The molecule has 1 aliphatic carbocycles. The van der Waals surface area contributed by atoms with E-state index < -0.39 is 0 Å². The lowest BCUT2D eigenvalue weighted by Crippen LogP contribution is -1.88. The predicted octanol–water partition coefficient (Wildman–Crippen LogP) is 5.83. The Kier molecular flexibility index (Phi) is 7.06. The molecule has 0 aromatic heterocycles. The van der Waals surface area contributed by atoms with E-state index in [0.717, 1.165) is 11.9 Å². The summed E-state index contributed by atoms with van der Waals surface area (Å²) in [6.07, 6.45) is 20.2. The van der Waals surface area contributed by atoms with Gasteiger partial charge in [-0.1, -0.05) is 72.4 Å². The molecule has 0 saturated heterocycles. The van der Waals surface area contributed by atoms with Crippen LogP contribution >= 0.6 is 0 Å². The zero-order chi connectivity index (χ0) is 16.3. The largest absolute Gasteiger partial charge is 0.299 e. The Labute approximate surface area is 139 Å². The summed E-state index contributed by atoms with van der Waals surface area (Å²) in [4.78, 5) is 10.5. The lowest BCUT2D eigenvalue weighted by Gasteiger charge is -2.09. The highest BCUT2D eigenvalue weighted by Crippen LogP contribution is 2.21. The Morgan fingerprint density at radius 2 is 1.87 bits per heavy atom. The average molecular weight is 304 g/mol. The third-order valence-corrected chi connectivity index (χ3v) is 3.88. The Balaban J connectivity index is 2.21. The molecule has 1 aliphatic rings. The number of rotatable bonds is 6. The molecule has 1 aromatic rings. The van der Waals surface area contributed by atoms with Crippen molar-refractivity contribution in [3.8, 4) is 0 Å². The zero-order valence-electron chi connectivity index (χ0n) is 13.7. The number of allylic oxidation sites excluding steroid dienone is 10. The lowest BCUT2D eigenvalue weighted by atomic mass is 9.97. The molecule has 1 heteroatoms. The van der Waals surface area contributed by atoms with Crippen molar-refractivity contribution in [2.45, 2.75) is 32.6 Å². The van der Waals surface area contributed by atoms with Crippen molar-refractivity contribution in [3.63, 3.8) is 0 Å². The molecule has 0 spiro atoms. The highest BCUT2D eigenvalue weighted by Gasteiger charge is 2.01. The van der Waals surface area contributed by atoms with Gasteiger partial charge in [0.25, 0.3) is 0 Å². The van der Waals surface area contributed by atoms with E-state index in [4.69, 9.17) is 0 Å². The Hall–Kier alpha value is -2.41. The molecule has 0 aliphatic heterocycles. The van der Waals surface area contributed by atoms with E-state index in [0.29, 0.717) is 0 Å². The first-order valence-electron chi connectivity index (χ1n) is 8.22. The normalized spacial score (nSPS) is 16.8. The third-order valence-electron chi connectivity index (χ3n) is 3.88. The topological polar surface area (TPSA) is 17.1 Å². The number of hydrogen-bond acceptors (Lipinski definition) is 1. The molecule has 23 heavy (non-hydrogen) atoms. The molecular weight excluding hydrogens is 280 g/mol. The number of benzene rings is 1. The van der Waals surface area contributed by atoms with E-state index in [1.54, 1.807) is 6.08 Å². The van der Waals surface area contributed by atoms with Gasteiger partial charge in [-0.15, -0.1) is 0 Å². The second-order valence-corrected chi connectivity index (χ2v) is 5.75. The molecular formula is C22H24O. The molecule has 0 atom stereocenters. The smallest absolute Gasteiger partial charge is 0.143 e. The summed E-state index contributed by atoms with van der Waals surface area (Å²) >= 11 is 0. The van der Waals surface area contributed by atoms with Crippen LogP contribution in [-0.2, 0) is 4.79 Å². The summed E-state index contributed by atoms with van der Waals surface area (Å²) in [6.45, 7) is 1.92. The SMILES string of the molecule is CC(/C=C/C=C(/C=C/C1=CCCCC1)c1ccccc1)=C\C=O. The minimum atomic E-state index is 0.816. The molecule has 0 heterocycles. The Morgan fingerprint density at radius 3 is 2.57 bits per heavy atom. The first kappa shape index (κ1) is 17.0. The summed E-state index contributed by atoms with van der Waals surface area (Å²) in [5.41, 5.74) is 4.75. The van der Waals surface area contributed by atoms with Crippen molar-refractivity contribution < 1.29 is 4.79 Å². The van der Waals surface area contributed by atoms with Gasteiger partial charge in [-0.25, -0.2) is 0 Å². The fourth-order valence-electron chi connectivity index (χ4n) is 2.56. The summed E-state index contributed by atoms with van der Waals surface area (Å²) in [6, 6.07) is 10.4. The average Bonchev–Trinajstić information content (AvgIpc) is 2.60. The Bertz CT molecular complexity index is 654. The maximum atomic E-state index is 10.5. The van der Waals surface area contributed by atoms with E-state index in [9.17, 15) is 4.79 Å². The third kappa shape index (κ3) is 6.07. The van der Waals surface area contributed by atoms with Crippen LogP contribution in [-0.4, -0.2) is 6.29 Å². The molecule has 0 fully saturated rings. The van der Waals surface area contributed by atoms with Gasteiger partial charge in [-0.3, -0.25) is 4.79 Å². The fourth-order valence-corrected chi connectivity index (χ4v) is 2.56. The van der Waals surface area contributed by atoms with Gasteiger partial charge >= 0.3 is 0 Å². The molecule has 0 amide bonds. The van der Waals surface area contributed by atoms with Gasteiger partial charge in [-0.2, -0.15) is 0 Å². The van der Waals surface area contributed by atoms with Gasteiger partial charge in [0.15, 0.2) is 0 Å².